The highest BCUT2D eigenvalue weighted by Gasteiger charge is 2.15. The third-order valence-corrected chi connectivity index (χ3v) is 4.18. The lowest BCUT2D eigenvalue weighted by Crippen LogP contribution is -2.24. The molecule has 6 heteroatoms. The zero-order valence-electron chi connectivity index (χ0n) is 13.2. The highest BCUT2D eigenvalue weighted by Crippen LogP contribution is 2.21. The maximum absolute atomic E-state index is 12.0. The summed E-state index contributed by atoms with van der Waals surface area (Å²) in [6.07, 6.45) is 0.839. The van der Waals surface area contributed by atoms with E-state index in [1.807, 2.05) is 30.3 Å². The van der Waals surface area contributed by atoms with Crippen LogP contribution in [0.15, 0.2) is 35.5 Å². The summed E-state index contributed by atoms with van der Waals surface area (Å²) >= 11 is 1.43. The second-order valence-corrected chi connectivity index (χ2v) is 6.21. The molecule has 0 aliphatic carbocycles. The number of rotatable bonds is 7. The highest BCUT2D eigenvalue weighted by molar-refractivity contribution is 7.99. The lowest BCUT2D eigenvalue weighted by atomic mass is 10.2. The molecular formula is C16H22N4OS. The van der Waals surface area contributed by atoms with E-state index in [1.165, 1.54) is 11.8 Å². The first kappa shape index (κ1) is 16.5. The van der Waals surface area contributed by atoms with Gasteiger partial charge in [-0.3, -0.25) is 4.79 Å². The monoisotopic (exact) mass is 318 g/mol. The molecule has 0 aliphatic rings. The fraction of sp³-hybridized carbons (Fsp3) is 0.438. The summed E-state index contributed by atoms with van der Waals surface area (Å²) < 4.78 is 2.09. The summed E-state index contributed by atoms with van der Waals surface area (Å²) in [7, 11) is 0. The van der Waals surface area contributed by atoms with Crippen molar-refractivity contribution in [2.24, 2.45) is 0 Å². The molecule has 0 radical (unpaired) electrons. The van der Waals surface area contributed by atoms with E-state index in [1.54, 1.807) is 0 Å². The summed E-state index contributed by atoms with van der Waals surface area (Å²) in [5.41, 5.74) is 1.10. The fourth-order valence-corrected chi connectivity index (χ4v) is 3.06. The van der Waals surface area contributed by atoms with Crippen molar-refractivity contribution >= 4 is 17.7 Å². The number of aryl methyl sites for hydroxylation is 1. The molecular weight excluding hydrogens is 296 g/mol. The number of hydrogen-bond acceptors (Lipinski definition) is 4. The molecule has 0 unspecified atom stereocenters. The number of nitrogens with one attached hydrogen (secondary N) is 1. The molecule has 1 amide bonds. The van der Waals surface area contributed by atoms with Crippen LogP contribution < -0.4 is 5.32 Å². The Hall–Kier alpha value is -1.82. The van der Waals surface area contributed by atoms with E-state index in [9.17, 15) is 4.79 Å². The third kappa shape index (κ3) is 4.34. The van der Waals surface area contributed by atoms with Crippen LogP contribution in [-0.2, 0) is 17.8 Å². The molecule has 1 N–H and O–H groups in total. The molecule has 1 aromatic heterocycles. The lowest BCUT2D eigenvalue weighted by molar-refractivity contribution is -0.118. The minimum Gasteiger partial charge on any atom is -0.351 e. The first-order valence-electron chi connectivity index (χ1n) is 7.49. The van der Waals surface area contributed by atoms with E-state index in [0.717, 1.165) is 23.0 Å². The van der Waals surface area contributed by atoms with Gasteiger partial charge in [0.2, 0.25) is 5.91 Å². The molecule has 0 fully saturated rings. The van der Waals surface area contributed by atoms with E-state index in [0.29, 0.717) is 18.3 Å². The van der Waals surface area contributed by atoms with Gasteiger partial charge in [0.1, 0.15) is 5.82 Å². The van der Waals surface area contributed by atoms with Gasteiger partial charge < -0.3 is 9.88 Å². The van der Waals surface area contributed by atoms with Crippen LogP contribution >= 0.6 is 11.8 Å². The van der Waals surface area contributed by atoms with E-state index in [2.05, 4.69) is 40.9 Å². The fourth-order valence-electron chi connectivity index (χ4n) is 2.14. The minimum atomic E-state index is 0.00482. The molecule has 1 heterocycles. The first-order valence-corrected chi connectivity index (χ1v) is 8.47. The lowest BCUT2D eigenvalue weighted by Gasteiger charge is -2.12. The van der Waals surface area contributed by atoms with E-state index in [-0.39, 0.29) is 5.91 Å². The SMILES string of the molecule is CCc1nnc(SCC(=O)NCc2ccccc2)n1C(C)C. The summed E-state index contributed by atoms with van der Waals surface area (Å²) in [5, 5.41) is 12.1. The van der Waals surface area contributed by atoms with Gasteiger partial charge in [-0.15, -0.1) is 10.2 Å². The molecule has 2 rings (SSSR count). The molecule has 22 heavy (non-hydrogen) atoms. The first-order chi connectivity index (χ1) is 10.6. The number of nitrogens with zero attached hydrogens (tertiary/aromatic N) is 3. The second-order valence-electron chi connectivity index (χ2n) is 5.27. The summed E-state index contributed by atoms with van der Waals surface area (Å²) in [5.74, 6) is 1.31. The van der Waals surface area contributed by atoms with Gasteiger partial charge in [0.05, 0.1) is 5.75 Å². The summed E-state index contributed by atoms with van der Waals surface area (Å²) in [6.45, 7) is 6.81. The van der Waals surface area contributed by atoms with Crippen molar-refractivity contribution in [1.29, 1.82) is 0 Å². The predicted octanol–water partition coefficient (Wildman–Crippen LogP) is 2.83. The Morgan fingerprint density at radius 2 is 2.00 bits per heavy atom. The maximum atomic E-state index is 12.0. The molecule has 2 aromatic rings. The second kappa shape index (κ2) is 7.98. The number of amides is 1. The van der Waals surface area contributed by atoms with Crippen LogP contribution in [0.3, 0.4) is 0 Å². The van der Waals surface area contributed by atoms with Gasteiger partial charge in [-0.25, -0.2) is 0 Å². The van der Waals surface area contributed by atoms with Crippen LogP contribution in [0, 0.1) is 0 Å². The van der Waals surface area contributed by atoms with E-state index < -0.39 is 0 Å². The molecule has 0 spiro atoms. The summed E-state index contributed by atoms with van der Waals surface area (Å²) in [6, 6.07) is 10.2. The number of thioether (sulfide) groups is 1. The van der Waals surface area contributed by atoms with Crippen molar-refractivity contribution in [3.05, 3.63) is 41.7 Å². The van der Waals surface area contributed by atoms with Crippen molar-refractivity contribution in [2.75, 3.05) is 5.75 Å². The van der Waals surface area contributed by atoms with Crippen LogP contribution in [0.5, 0.6) is 0 Å². The normalized spacial score (nSPS) is 10.9. The molecule has 0 bridgehead atoms. The van der Waals surface area contributed by atoms with Crippen LogP contribution in [0.1, 0.15) is 38.2 Å². The number of benzene rings is 1. The standard InChI is InChI=1S/C16H22N4OS/c1-4-14-18-19-16(20(14)12(2)3)22-11-15(21)17-10-13-8-6-5-7-9-13/h5-9,12H,4,10-11H2,1-3H3,(H,17,21). The Morgan fingerprint density at radius 1 is 1.27 bits per heavy atom. The predicted molar refractivity (Wildman–Crippen MR) is 88.8 cm³/mol. The van der Waals surface area contributed by atoms with Crippen molar-refractivity contribution in [2.45, 2.75) is 44.9 Å². The summed E-state index contributed by atoms with van der Waals surface area (Å²) in [4.78, 5) is 12.0. The van der Waals surface area contributed by atoms with Crippen LogP contribution in [0.4, 0.5) is 0 Å². The zero-order chi connectivity index (χ0) is 15.9. The molecule has 0 saturated carbocycles. The van der Waals surface area contributed by atoms with Gasteiger partial charge in [-0.2, -0.15) is 0 Å². The van der Waals surface area contributed by atoms with Crippen molar-refractivity contribution in [3.63, 3.8) is 0 Å². The molecule has 0 aliphatic heterocycles. The van der Waals surface area contributed by atoms with Gasteiger partial charge in [0.15, 0.2) is 5.16 Å². The molecule has 0 atom stereocenters. The van der Waals surface area contributed by atoms with E-state index in [4.69, 9.17) is 0 Å². The molecule has 5 nitrogen and oxygen atoms in total. The van der Waals surface area contributed by atoms with E-state index >= 15 is 0 Å². The van der Waals surface area contributed by atoms with Gasteiger partial charge >= 0.3 is 0 Å². The van der Waals surface area contributed by atoms with Crippen molar-refractivity contribution in [1.82, 2.24) is 20.1 Å². The Morgan fingerprint density at radius 3 is 2.64 bits per heavy atom. The van der Waals surface area contributed by atoms with Gasteiger partial charge in [-0.05, 0) is 19.4 Å². The average Bonchev–Trinajstić information content (AvgIpc) is 2.95. The highest BCUT2D eigenvalue weighted by atomic mass is 32.2. The number of carbonyl (C=O) groups is 1. The Balaban J connectivity index is 1.87. The van der Waals surface area contributed by atoms with Crippen molar-refractivity contribution < 1.29 is 4.79 Å². The number of hydrogen-bond donors (Lipinski definition) is 1. The van der Waals surface area contributed by atoms with Gasteiger partial charge in [-0.1, -0.05) is 49.0 Å². The Bertz CT molecular complexity index is 610. The van der Waals surface area contributed by atoms with Crippen LogP contribution in [-0.4, -0.2) is 26.4 Å². The molecule has 118 valence electrons. The minimum absolute atomic E-state index is 0.00482. The maximum Gasteiger partial charge on any atom is 0.230 e. The smallest absolute Gasteiger partial charge is 0.230 e. The van der Waals surface area contributed by atoms with Crippen molar-refractivity contribution in [3.8, 4) is 0 Å². The molecule has 0 saturated heterocycles. The van der Waals surface area contributed by atoms with Gasteiger partial charge in [0.25, 0.3) is 0 Å². The van der Waals surface area contributed by atoms with Gasteiger partial charge in [0, 0.05) is 19.0 Å². The Labute approximate surface area is 135 Å². The zero-order valence-corrected chi connectivity index (χ0v) is 14.1. The average molecular weight is 318 g/mol. The topological polar surface area (TPSA) is 59.8 Å². The molecule has 1 aromatic carbocycles. The Kier molecular flexibility index (Phi) is 6.00. The number of aromatic nitrogens is 3. The largest absolute Gasteiger partial charge is 0.351 e. The quantitative estimate of drug-likeness (QED) is 0.798. The number of carbonyl (C=O) groups excluding carboxylic acids is 1. The van der Waals surface area contributed by atoms with Crippen LogP contribution in [0.25, 0.3) is 0 Å². The third-order valence-electron chi connectivity index (χ3n) is 3.23. The van der Waals surface area contributed by atoms with Crippen LogP contribution in [0.2, 0.25) is 0 Å².